The number of anilines is 1. The van der Waals surface area contributed by atoms with E-state index in [2.05, 4.69) is 16.8 Å². The van der Waals surface area contributed by atoms with E-state index in [4.69, 9.17) is 4.74 Å². The number of nitriles is 1. The number of rotatable bonds is 7. The number of benzene rings is 1. The normalized spacial score (nSPS) is 12.2. The van der Waals surface area contributed by atoms with E-state index >= 15 is 0 Å². The van der Waals surface area contributed by atoms with Crippen LogP contribution >= 0.6 is 0 Å². The van der Waals surface area contributed by atoms with Crippen molar-refractivity contribution in [3.05, 3.63) is 58.4 Å². The number of ether oxygens (including phenoxy) is 1. The number of esters is 1. The van der Waals surface area contributed by atoms with Crippen molar-refractivity contribution in [1.82, 2.24) is 4.57 Å². The van der Waals surface area contributed by atoms with E-state index < -0.39 is 18.0 Å². The highest BCUT2D eigenvalue weighted by Gasteiger charge is 2.21. The first-order chi connectivity index (χ1) is 13.8. The number of aromatic nitrogens is 1. The Balaban J connectivity index is 2.11. The first-order valence-corrected chi connectivity index (χ1v) is 9.63. The number of carbonyl (C=O) groups excluding carboxylic acids is 2. The van der Waals surface area contributed by atoms with Gasteiger partial charge in [-0.25, -0.2) is 4.79 Å². The van der Waals surface area contributed by atoms with Gasteiger partial charge < -0.3 is 14.6 Å². The number of hydrogen-bond donors (Lipinski definition) is 1. The average Bonchev–Trinajstić information content (AvgIpc) is 2.93. The van der Waals surface area contributed by atoms with E-state index in [0.29, 0.717) is 5.69 Å². The molecule has 152 valence electrons. The van der Waals surface area contributed by atoms with E-state index in [-0.39, 0.29) is 5.57 Å². The second kappa shape index (κ2) is 9.74. The number of aryl methyl sites for hydroxylation is 2. The summed E-state index contributed by atoms with van der Waals surface area (Å²) in [5.41, 5.74) is 4.32. The van der Waals surface area contributed by atoms with Crippen LogP contribution in [0.5, 0.6) is 0 Å². The molecular formula is C23H27N3O3. The summed E-state index contributed by atoms with van der Waals surface area (Å²) < 4.78 is 7.36. The van der Waals surface area contributed by atoms with Crippen molar-refractivity contribution in [3.8, 4) is 6.07 Å². The second-order valence-electron chi connectivity index (χ2n) is 7.05. The Kier molecular flexibility index (Phi) is 7.38. The summed E-state index contributed by atoms with van der Waals surface area (Å²) in [6.07, 6.45) is 1.47. The van der Waals surface area contributed by atoms with Crippen LogP contribution in [0.3, 0.4) is 0 Å². The van der Waals surface area contributed by atoms with Crippen molar-refractivity contribution < 1.29 is 14.3 Å². The second-order valence-corrected chi connectivity index (χ2v) is 7.05. The fourth-order valence-electron chi connectivity index (χ4n) is 3.08. The molecule has 0 saturated carbocycles. The van der Waals surface area contributed by atoms with Gasteiger partial charge in [0.2, 0.25) is 0 Å². The lowest BCUT2D eigenvalue weighted by Crippen LogP contribution is -2.30. The minimum Gasteiger partial charge on any atom is -0.448 e. The third kappa shape index (κ3) is 5.58. The minimum atomic E-state index is -1.03. The molecule has 0 saturated heterocycles. The van der Waals surface area contributed by atoms with Gasteiger partial charge in [0.15, 0.2) is 6.10 Å². The molecule has 0 aliphatic rings. The Morgan fingerprint density at radius 1 is 1.28 bits per heavy atom. The summed E-state index contributed by atoms with van der Waals surface area (Å²) >= 11 is 0. The zero-order valence-corrected chi connectivity index (χ0v) is 17.6. The summed E-state index contributed by atoms with van der Waals surface area (Å²) in [5, 5.41) is 12.1. The van der Waals surface area contributed by atoms with Gasteiger partial charge in [-0.1, -0.05) is 19.1 Å². The third-order valence-corrected chi connectivity index (χ3v) is 4.64. The van der Waals surface area contributed by atoms with Crippen LogP contribution in [-0.4, -0.2) is 22.5 Å². The number of amides is 1. The van der Waals surface area contributed by atoms with Crippen molar-refractivity contribution in [2.45, 2.75) is 53.7 Å². The number of nitrogens with one attached hydrogen (secondary N) is 1. The van der Waals surface area contributed by atoms with Gasteiger partial charge in [0, 0.05) is 23.6 Å². The van der Waals surface area contributed by atoms with Crippen LogP contribution in [0.1, 0.15) is 42.8 Å². The first-order valence-electron chi connectivity index (χ1n) is 9.63. The molecular weight excluding hydrogens is 366 g/mol. The maximum atomic E-state index is 12.4. The highest BCUT2D eigenvalue weighted by atomic mass is 16.5. The van der Waals surface area contributed by atoms with E-state index in [1.54, 1.807) is 6.07 Å². The van der Waals surface area contributed by atoms with Crippen molar-refractivity contribution in [2.24, 2.45) is 0 Å². The molecule has 0 aliphatic heterocycles. The van der Waals surface area contributed by atoms with E-state index in [1.807, 2.05) is 51.1 Å². The molecule has 6 nitrogen and oxygen atoms in total. The molecule has 0 aliphatic carbocycles. The van der Waals surface area contributed by atoms with Gasteiger partial charge >= 0.3 is 5.97 Å². The molecule has 0 unspecified atom stereocenters. The summed E-state index contributed by atoms with van der Waals surface area (Å²) in [6.45, 7) is 10.3. The zero-order chi connectivity index (χ0) is 21.6. The predicted octanol–water partition coefficient (Wildman–Crippen LogP) is 4.30. The monoisotopic (exact) mass is 393 g/mol. The lowest BCUT2D eigenvalue weighted by molar-refractivity contribution is -0.148. The zero-order valence-electron chi connectivity index (χ0n) is 17.6. The van der Waals surface area contributed by atoms with Crippen LogP contribution in [0.4, 0.5) is 5.69 Å². The Bertz CT molecular complexity index is 980. The molecule has 1 heterocycles. The van der Waals surface area contributed by atoms with Crippen molar-refractivity contribution in [3.63, 3.8) is 0 Å². The molecule has 1 aromatic heterocycles. The molecule has 0 fully saturated rings. The average molecular weight is 393 g/mol. The maximum absolute atomic E-state index is 12.4. The standard InChI is InChI=1S/C23H27N3O3/c1-6-10-26-16(3)12-19(17(26)4)13-20(14-24)23(28)29-18(5)22(27)25-21-9-7-8-15(2)11-21/h7-9,11-13,18H,6,10H2,1-5H3,(H,25,27)/b20-13+/t18-/m0/s1. The molecule has 1 aromatic carbocycles. The van der Waals surface area contributed by atoms with E-state index in [9.17, 15) is 14.9 Å². The van der Waals surface area contributed by atoms with Crippen LogP contribution < -0.4 is 5.32 Å². The number of nitrogens with zero attached hydrogens (tertiary/aromatic N) is 2. The number of carbonyl (C=O) groups is 2. The van der Waals surface area contributed by atoms with Crippen LogP contribution in [0, 0.1) is 32.1 Å². The van der Waals surface area contributed by atoms with Crippen molar-refractivity contribution >= 4 is 23.6 Å². The van der Waals surface area contributed by atoms with E-state index in [0.717, 1.165) is 35.5 Å². The molecule has 6 heteroatoms. The SMILES string of the molecule is CCCn1c(C)cc(/C=C(\C#N)C(=O)O[C@@H](C)C(=O)Nc2cccc(C)c2)c1C. The molecule has 1 atom stereocenters. The summed E-state index contributed by atoms with van der Waals surface area (Å²) in [4.78, 5) is 24.7. The van der Waals surface area contributed by atoms with Crippen LogP contribution in [-0.2, 0) is 20.9 Å². The van der Waals surface area contributed by atoms with Crippen LogP contribution in [0.25, 0.3) is 6.08 Å². The number of hydrogen-bond acceptors (Lipinski definition) is 4. The van der Waals surface area contributed by atoms with Gasteiger partial charge in [-0.3, -0.25) is 4.79 Å². The van der Waals surface area contributed by atoms with Gasteiger partial charge in [-0.2, -0.15) is 5.26 Å². The fraction of sp³-hybridized carbons (Fsp3) is 0.348. The fourth-order valence-corrected chi connectivity index (χ4v) is 3.08. The minimum absolute atomic E-state index is 0.142. The van der Waals surface area contributed by atoms with Gasteiger partial charge in [0.1, 0.15) is 11.6 Å². The van der Waals surface area contributed by atoms with E-state index in [1.165, 1.54) is 13.0 Å². The molecule has 2 rings (SSSR count). The van der Waals surface area contributed by atoms with Crippen LogP contribution in [0.15, 0.2) is 35.9 Å². The van der Waals surface area contributed by atoms with Gasteiger partial charge in [0.25, 0.3) is 5.91 Å². The smallest absolute Gasteiger partial charge is 0.349 e. The molecule has 1 amide bonds. The first kappa shape index (κ1) is 22.0. The Labute approximate surface area is 171 Å². The quantitative estimate of drug-likeness (QED) is 0.432. The Morgan fingerprint density at radius 2 is 2.00 bits per heavy atom. The van der Waals surface area contributed by atoms with Gasteiger partial charge in [-0.05, 0) is 69.5 Å². The maximum Gasteiger partial charge on any atom is 0.349 e. The summed E-state index contributed by atoms with van der Waals surface area (Å²) in [7, 11) is 0. The van der Waals surface area contributed by atoms with Crippen molar-refractivity contribution in [1.29, 1.82) is 5.26 Å². The lowest BCUT2D eigenvalue weighted by Gasteiger charge is -2.13. The highest BCUT2D eigenvalue weighted by molar-refractivity contribution is 6.01. The highest BCUT2D eigenvalue weighted by Crippen LogP contribution is 2.19. The Morgan fingerprint density at radius 3 is 2.62 bits per heavy atom. The van der Waals surface area contributed by atoms with Gasteiger partial charge in [0.05, 0.1) is 0 Å². The van der Waals surface area contributed by atoms with Gasteiger partial charge in [-0.15, -0.1) is 0 Å². The third-order valence-electron chi connectivity index (χ3n) is 4.64. The molecule has 0 spiro atoms. The summed E-state index contributed by atoms with van der Waals surface area (Å²) in [5.74, 6) is -1.28. The van der Waals surface area contributed by atoms with Crippen LogP contribution in [0.2, 0.25) is 0 Å². The molecule has 29 heavy (non-hydrogen) atoms. The summed E-state index contributed by atoms with van der Waals surface area (Å²) in [6, 6.07) is 11.1. The topological polar surface area (TPSA) is 84.1 Å². The predicted molar refractivity (Wildman–Crippen MR) is 113 cm³/mol. The lowest BCUT2D eigenvalue weighted by atomic mass is 10.1. The molecule has 2 aromatic rings. The Hall–Kier alpha value is -3.33. The largest absolute Gasteiger partial charge is 0.448 e. The molecule has 0 radical (unpaired) electrons. The van der Waals surface area contributed by atoms with Crippen molar-refractivity contribution in [2.75, 3.05) is 5.32 Å². The molecule has 0 bridgehead atoms. The molecule has 1 N–H and O–H groups in total.